The average molecular weight is 416 g/mol. The highest BCUT2D eigenvalue weighted by molar-refractivity contribution is 7.89. The molecule has 152 valence electrons. The van der Waals surface area contributed by atoms with Gasteiger partial charge in [-0.25, -0.2) is 21.6 Å². The number of carbonyl (C=O) groups is 1. The van der Waals surface area contributed by atoms with Crippen molar-refractivity contribution in [3.8, 4) is 0 Å². The summed E-state index contributed by atoms with van der Waals surface area (Å²) in [5.74, 6) is -5.46. The summed E-state index contributed by atoms with van der Waals surface area (Å²) >= 11 is 0. The van der Waals surface area contributed by atoms with Gasteiger partial charge in [-0.3, -0.25) is 9.89 Å². The van der Waals surface area contributed by atoms with Crippen LogP contribution in [0.4, 0.5) is 13.2 Å². The Morgan fingerprint density at radius 1 is 1.07 bits per heavy atom. The monoisotopic (exact) mass is 416 g/mol. The fourth-order valence-corrected chi connectivity index (χ4v) is 5.05. The van der Waals surface area contributed by atoms with Gasteiger partial charge in [0.25, 0.3) is 5.91 Å². The maximum absolute atomic E-state index is 13.9. The molecule has 11 heteroatoms. The van der Waals surface area contributed by atoms with E-state index in [1.807, 2.05) is 0 Å². The van der Waals surface area contributed by atoms with E-state index in [0.717, 1.165) is 6.07 Å². The highest BCUT2D eigenvalue weighted by Gasteiger charge is 2.32. The van der Waals surface area contributed by atoms with Gasteiger partial charge in [0.1, 0.15) is 4.90 Å². The fourth-order valence-electron chi connectivity index (χ4n) is 3.25. The number of benzene rings is 1. The van der Waals surface area contributed by atoms with Crippen LogP contribution >= 0.6 is 0 Å². The van der Waals surface area contributed by atoms with Crippen LogP contribution in [0.3, 0.4) is 0 Å². The van der Waals surface area contributed by atoms with Gasteiger partial charge in [0.2, 0.25) is 10.0 Å². The van der Waals surface area contributed by atoms with Crippen LogP contribution in [0.2, 0.25) is 0 Å². The molecule has 1 amide bonds. The Kier molecular flexibility index (Phi) is 5.48. The van der Waals surface area contributed by atoms with Crippen molar-refractivity contribution in [2.45, 2.75) is 25.2 Å². The number of rotatable bonds is 3. The van der Waals surface area contributed by atoms with E-state index in [9.17, 15) is 26.4 Å². The minimum Gasteiger partial charge on any atom is -0.337 e. The standard InChI is InChI=1S/C17H19F3N4O3S/c1-10-16(11(2)22-21-10)28(26,27)24-7-3-6-23(8-9-24)17(25)12-4-5-13(18)15(20)14(12)19/h4-5H,3,6-9H2,1-2H3,(H,21,22). The van der Waals surface area contributed by atoms with Crippen molar-refractivity contribution in [1.29, 1.82) is 0 Å². The molecule has 1 fully saturated rings. The van der Waals surface area contributed by atoms with E-state index in [1.165, 1.54) is 9.21 Å². The largest absolute Gasteiger partial charge is 0.337 e. The lowest BCUT2D eigenvalue weighted by molar-refractivity contribution is 0.0758. The van der Waals surface area contributed by atoms with Crippen LogP contribution in [0.15, 0.2) is 17.0 Å². The van der Waals surface area contributed by atoms with Crippen molar-refractivity contribution in [2.75, 3.05) is 26.2 Å². The number of nitrogens with one attached hydrogen (secondary N) is 1. The van der Waals surface area contributed by atoms with Gasteiger partial charge >= 0.3 is 0 Å². The van der Waals surface area contributed by atoms with Crippen molar-refractivity contribution >= 4 is 15.9 Å². The van der Waals surface area contributed by atoms with Crippen LogP contribution in [0.1, 0.15) is 28.2 Å². The van der Waals surface area contributed by atoms with Crippen LogP contribution < -0.4 is 0 Å². The number of halogens is 3. The van der Waals surface area contributed by atoms with E-state index in [2.05, 4.69) is 10.2 Å². The quantitative estimate of drug-likeness (QED) is 0.776. The predicted octanol–water partition coefficient (Wildman–Crippen LogP) is 1.98. The molecule has 1 N–H and O–H groups in total. The molecule has 0 unspecified atom stereocenters. The minimum atomic E-state index is -3.82. The predicted molar refractivity (Wildman–Crippen MR) is 93.7 cm³/mol. The number of carbonyl (C=O) groups excluding carboxylic acids is 1. The van der Waals surface area contributed by atoms with Crippen LogP contribution in [0.5, 0.6) is 0 Å². The van der Waals surface area contributed by atoms with Gasteiger partial charge in [0.05, 0.1) is 17.0 Å². The lowest BCUT2D eigenvalue weighted by Gasteiger charge is -2.22. The van der Waals surface area contributed by atoms with Crippen molar-refractivity contribution in [1.82, 2.24) is 19.4 Å². The molecule has 0 spiro atoms. The molecule has 1 saturated heterocycles. The SMILES string of the molecule is Cc1n[nH]c(C)c1S(=O)(=O)N1CCCN(C(=O)c2ccc(F)c(F)c2F)CC1. The Balaban J connectivity index is 1.80. The van der Waals surface area contributed by atoms with Crippen molar-refractivity contribution < 1.29 is 26.4 Å². The van der Waals surface area contributed by atoms with Gasteiger partial charge in [0.15, 0.2) is 17.5 Å². The maximum atomic E-state index is 13.9. The first-order chi connectivity index (χ1) is 13.1. The lowest BCUT2D eigenvalue weighted by Crippen LogP contribution is -2.38. The third-order valence-corrected chi connectivity index (χ3v) is 6.83. The summed E-state index contributed by atoms with van der Waals surface area (Å²) in [4.78, 5) is 13.9. The first kappa shape index (κ1) is 20.3. The number of hydrogen-bond acceptors (Lipinski definition) is 4. The molecule has 28 heavy (non-hydrogen) atoms. The summed E-state index contributed by atoms with van der Waals surface area (Å²) < 4.78 is 67.6. The third kappa shape index (κ3) is 3.51. The summed E-state index contributed by atoms with van der Waals surface area (Å²) in [7, 11) is -3.82. The molecule has 0 saturated carbocycles. The molecule has 2 aromatic rings. The zero-order valence-corrected chi connectivity index (χ0v) is 16.1. The van der Waals surface area contributed by atoms with Gasteiger partial charge in [-0.05, 0) is 32.4 Å². The zero-order valence-electron chi connectivity index (χ0n) is 15.3. The number of aromatic amines is 1. The second-order valence-corrected chi connectivity index (χ2v) is 8.41. The summed E-state index contributed by atoms with van der Waals surface area (Å²) in [5, 5.41) is 6.54. The van der Waals surface area contributed by atoms with E-state index in [0.29, 0.717) is 23.9 Å². The Hall–Kier alpha value is -2.40. The summed E-state index contributed by atoms with van der Waals surface area (Å²) in [6, 6.07) is 1.57. The first-order valence-corrected chi connectivity index (χ1v) is 10.0. The van der Waals surface area contributed by atoms with Gasteiger partial charge in [0, 0.05) is 26.2 Å². The molecule has 1 aliphatic heterocycles. The van der Waals surface area contributed by atoms with E-state index in [1.54, 1.807) is 13.8 Å². The summed E-state index contributed by atoms with van der Waals surface area (Å²) in [6.45, 7) is 3.49. The van der Waals surface area contributed by atoms with Crippen molar-refractivity contribution in [3.05, 3.63) is 46.5 Å². The number of sulfonamides is 1. The molecule has 7 nitrogen and oxygen atoms in total. The van der Waals surface area contributed by atoms with Gasteiger partial charge in [-0.15, -0.1) is 0 Å². The average Bonchev–Trinajstić information content (AvgIpc) is 2.85. The second-order valence-electron chi connectivity index (χ2n) is 6.54. The molecular weight excluding hydrogens is 397 g/mol. The maximum Gasteiger partial charge on any atom is 0.256 e. The molecular formula is C17H19F3N4O3S. The summed E-state index contributed by atoms with van der Waals surface area (Å²) in [6.07, 6.45) is 0.312. The Morgan fingerprint density at radius 3 is 2.43 bits per heavy atom. The van der Waals surface area contributed by atoms with E-state index in [-0.39, 0.29) is 31.1 Å². The van der Waals surface area contributed by atoms with E-state index < -0.39 is 38.9 Å². The molecule has 1 aromatic carbocycles. The normalized spacial score (nSPS) is 16.2. The second kappa shape index (κ2) is 7.55. The minimum absolute atomic E-state index is 0.00749. The first-order valence-electron chi connectivity index (χ1n) is 8.59. The van der Waals surface area contributed by atoms with E-state index in [4.69, 9.17) is 0 Å². The molecule has 0 atom stereocenters. The summed E-state index contributed by atoms with van der Waals surface area (Å²) in [5.41, 5.74) is 0.175. The molecule has 0 aliphatic carbocycles. The van der Waals surface area contributed by atoms with Crippen molar-refractivity contribution in [3.63, 3.8) is 0 Å². The fraction of sp³-hybridized carbons (Fsp3) is 0.412. The number of H-pyrrole nitrogens is 1. The van der Waals surface area contributed by atoms with Gasteiger partial charge in [-0.1, -0.05) is 0 Å². The molecule has 0 bridgehead atoms. The van der Waals surface area contributed by atoms with E-state index >= 15 is 0 Å². The number of aromatic nitrogens is 2. The Bertz CT molecular complexity index is 1000. The number of amides is 1. The molecule has 0 radical (unpaired) electrons. The molecule has 1 aromatic heterocycles. The Morgan fingerprint density at radius 2 is 1.79 bits per heavy atom. The highest BCUT2D eigenvalue weighted by atomic mass is 32.2. The van der Waals surface area contributed by atoms with Gasteiger partial charge in [-0.2, -0.15) is 9.40 Å². The smallest absolute Gasteiger partial charge is 0.256 e. The molecule has 2 heterocycles. The van der Waals surface area contributed by atoms with Crippen molar-refractivity contribution in [2.24, 2.45) is 0 Å². The van der Waals surface area contributed by atoms with Crippen LogP contribution in [-0.2, 0) is 10.0 Å². The highest BCUT2D eigenvalue weighted by Crippen LogP contribution is 2.24. The third-order valence-electron chi connectivity index (χ3n) is 4.67. The van der Waals surface area contributed by atoms with Crippen LogP contribution in [0.25, 0.3) is 0 Å². The zero-order chi connectivity index (χ0) is 20.6. The van der Waals surface area contributed by atoms with Crippen LogP contribution in [-0.4, -0.2) is 59.9 Å². The molecule has 1 aliphatic rings. The number of hydrogen-bond donors (Lipinski definition) is 1. The topological polar surface area (TPSA) is 86.4 Å². The molecule has 3 rings (SSSR count). The van der Waals surface area contributed by atoms with Crippen LogP contribution in [0, 0.1) is 31.3 Å². The van der Waals surface area contributed by atoms with Gasteiger partial charge < -0.3 is 4.90 Å². The number of nitrogens with zero attached hydrogens (tertiary/aromatic N) is 3. The Labute approximate surface area is 160 Å². The number of aryl methyl sites for hydroxylation is 2. The lowest BCUT2D eigenvalue weighted by atomic mass is 10.1.